The SMILES string of the molecule is Cc1ccc(-c2[nH]ncc2CNCC(C)S(C)=O)o1. The molecule has 2 aromatic rings. The van der Waals surface area contributed by atoms with Crippen LogP contribution in [-0.4, -0.2) is 32.5 Å². The number of furan rings is 1. The van der Waals surface area contributed by atoms with Gasteiger partial charge >= 0.3 is 0 Å². The van der Waals surface area contributed by atoms with Crippen LogP contribution in [0.5, 0.6) is 0 Å². The molecule has 0 fully saturated rings. The van der Waals surface area contributed by atoms with Crippen molar-refractivity contribution in [2.45, 2.75) is 25.6 Å². The molecule has 0 aromatic carbocycles. The molecule has 0 aliphatic rings. The zero-order valence-electron chi connectivity index (χ0n) is 11.4. The number of rotatable bonds is 6. The molecule has 19 heavy (non-hydrogen) atoms. The summed E-state index contributed by atoms with van der Waals surface area (Å²) in [6.07, 6.45) is 3.51. The van der Waals surface area contributed by atoms with E-state index in [1.165, 1.54) is 0 Å². The van der Waals surface area contributed by atoms with E-state index in [9.17, 15) is 4.21 Å². The van der Waals surface area contributed by atoms with Crippen molar-refractivity contribution >= 4 is 10.8 Å². The summed E-state index contributed by atoms with van der Waals surface area (Å²) in [6.45, 7) is 5.27. The molecule has 5 nitrogen and oxygen atoms in total. The van der Waals surface area contributed by atoms with E-state index in [0.717, 1.165) is 22.8 Å². The summed E-state index contributed by atoms with van der Waals surface area (Å²) in [5.41, 5.74) is 1.94. The molecule has 2 N–H and O–H groups in total. The molecule has 0 aliphatic carbocycles. The van der Waals surface area contributed by atoms with Gasteiger partial charge in [-0.25, -0.2) is 0 Å². The highest BCUT2D eigenvalue weighted by atomic mass is 32.2. The van der Waals surface area contributed by atoms with Crippen LogP contribution in [0.1, 0.15) is 18.2 Å². The van der Waals surface area contributed by atoms with E-state index in [1.54, 1.807) is 12.5 Å². The van der Waals surface area contributed by atoms with Gasteiger partial charge in [-0.3, -0.25) is 9.31 Å². The Kier molecular flexibility index (Phi) is 4.55. The number of nitrogens with zero attached hydrogens (tertiary/aromatic N) is 1. The van der Waals surface area contributed by atoms with Crippen molar-refractivity contribution in [1.29, 1.82) is 0 Å². The van der Waals surface area contributed by atoms with Crippen LogP contribution in [0.15, 0.2) is 22.7 Å². The maximum atomic E-state index is 11.3. The Labute approximate surface area is 115 Å². The Bertz CT molecular complexity index is 562. The molecule has 6 heteroatoms. The van der Waals surface area contributed by atoms with Crippen molar-refractivity contribution in [3.05, 3.63) is 29.7 Å². The van der Waals surface area contributed by atoms with Crippen molar-refractivity contribution in [2.75, 3.05) is 12.8 Å². The molecule has 0 spiro atoms. The van der Waals surface area contributed by atoms with Gasteiger partial charge in [0.15, 0.2) is 5.76 Å². The number of aromatic nitrogens is 2. The quantitative estimate of drug-likeness (QED) is 0.847. The van der Waals surface area contributed by atoms with Gasteiger partial charge in [0.05, 0.1) is 6.20 Å². The van der Waals surface area contributed by atoms with Gasteiger partial charge in [-0.05, 0) is 26.0 Å². The van der Waals surface area contributed by atoms with Gasteiger partial charge < -0.3 is 9.73 Å². The third-order valence-corrected chi connectivity index (χ3v) is 4.32. The van der Waals surface area contributed by atoms with Gasteiger partial charge in [-0.15, -0.1) is 0 Å². The second-order valence-electron chi connectivity index (χ2n) is 4.62. The number of nitrogens with one attached hydrogen (secondary N) is 2. The number of aromatic amines is 1. The predicted molar refractivity (Wildman–Crippen MR) is 76.3 cm³/mol. The normalized spacial score (nSPS) is 14.5. The Hall–Kier alpha value is -1.40. The van der Waals surface area contributed by atoms with Crippen LogP contribution < -0.4 is 5.32 Å². The number of aryl methyl sites for hydroxylation is 1. The predicted octanol–water partition coefficient (Wildman–Crippen LogP) is 1.83. The smallest absolute Gasteiger partial charge is 0.152 e. The van der Waals surface area contributed by atoms with E-state index in [4.69, 9.17) is 4.42 Å². The van der Waals surface area contributed by atoms with Gasteiger partial charge in [-0.1, -0.05) is 0 Å². The molecule has 2 atom stereocenters. The average Bonchev–Trinajstić information content (AvgIpc) is 2.97. The zero-order valence-corrected chi connectivity index (χ0v) is 12.2. The van der Waals surface area contributed by atoms with Crippen LogP contribution in [0.25, 0.3) is 11.5 Å². The van der Waals surface area contributed by atoms with Crippen LogP contribution in [0.4, 0.5) is 0 Å². The largest absolute Gasteiger partial charge is 0.460 e. The van der Waals surface area contributed by atoms with Crippen LogP contribution in [0.3, 0.4) is 0 Å². The first-order chi connectivity index (χ1) is 9.08. The van der Waals surface area contributed by atoms with Crippen molar-refractivity contribution in [3.8, 4) is 11.5 Å². The highest BCUT2D eigenvalue weighted by molar-refractivity contribution is 7.84. The molecule has 0 amide bonds. The molecular weight excluding hydrogens is 262 g/mol. The number of H-pyrrole nitrogens is 1. The van der Waals surface area contributed by atoms with Crippen LogP contribution in [0, 0.1) is 6.92 Å². The van der Waals surface area contributed by atoms with E-state index in [-0.39, 0.29) is 5.25 Å². The fourth-order valence-corrected chi connectivity index (χ4v) is 2.11. The third-order valence-electron chi connectivity index (χ3n) is 3.02. The molecule has 0 radical (unpaired) electrons. The lowest BCUT2D eigenvalue weighted by atomic mass is 10.2. The monoisotopic (exact) mass is 281 g/mol. The molecular formula is C13H19N3O2S. The van der Waals surface area contributed by atoms with Crippen molar-refractivity contribution in [1.82, 2.24) is 15.5 Å². The zero-order chi connectivity index (χ0) is 13.8. The van der Waals surface area contributed by atoms with Gasteiger partial charge in [-0.2, -0.15) is 5.10 Å². The lowest BCUT2D eigenvalue weighted by Gasteiger charge is -2.09. The molecule has 2 heterocycles. The first-order valence-corrected chi connectivity index (χ1v) is 7.82. The number of hydrogen-bond acceptors (Lipinski definition) is 4. The van der Waals surface area contributed by atoms with E-state index in [2.05, 4.69) is 15.5 Å². The van der Waals surface area contributed by atoms with Crippen LogP contribution >= 0.6 is 0 Å². The Morgan fingerprint density at radius 2 is 2.32 bits per heavy atom. The summed E-state index contributed by atoms with van der Waals surface area (Å²) in [5, 5.41) is 10.4. The molecule has 0 saturated heterocycles. The van der Waals surface area contributed by atoms with Gasteiger partial charge in [0.25, 0.3) is 0 Å². The minimum atomic E-state index is -0.801. The molecule has 104 valence electrons. The summed E-state index contributed by atoms with van der Waals surface area (Å²) in [4.78, 5) is 0. The van der Waals surface area contributed by atoms with Crippen molar-refractivity contribution < 1.29 is 8.63 Å². The number of hydrogen-bond donors (Lipinski definition) is 2. The highest BCUT2D eigenvalue weighted by Crippen LogP contribution is 2.23. The van der Waals surface area contributed by atoms with Gasteiger partial charge in [0.1, 0.15) is 11.5 Å². The average molecular weight is 281 g/mol. The third kappa shape index (κ3) is 3.54. The molecule has 0 aliphatic heterocycles. The maximum Gasteiger partial charge on any atom is 0.152 e. The molecule has 0 bridgehead atoms. The fourth-order valence-electron chi connectivity index (χ4n) is 1.75. The molecule has 2 aromatic heterocycles. The second kappa shape index (κ2) is 6.16. The topological polar surface area (TPSA) is 70.9 Å². The van der Waals surface area contributed by atoms with Gasteiger partial charge in [0, 0.05) is 41.0 Å². The first kappa shape index (κ1) is 14.0. The lowest BCUT2D eigenvalue weighted by molar-refractivity contribution is 0.545. The highest BCUT2D eigenvalue weighted by Gasteiger charge is 2.11. The first-order valence-electron chi connectivity index (χ1n) is 6.20. The Balaban J connectivity index is 1.99. The van der Waals surface area contributed by atoms with E-state index < -0.39 is 10.8 Å². The summed E-state index contributed by atoms with van der Waals surface area (Å²) in [5.74, 6) is 1.66. The molecule has 2 rings (SSSR count). The minimum absolute atomic E-state index is 0.140. The lowest BCUT2D eigenvalue weighted by Crippen LogP contribution is -2.27. The summed E-state index contributed by atoms with van der Waals surface area (Å²) < 4.78 is 16.9. The minimum Gasteiger partial charge on any atom is -0.460 e. The van der Waals surface area contributed by atoms with Crippen LogP contribution in [-0.2, 0) is 17.3 Å². The summed E-state index contributed by atoms with van der Waals surface area (Å²) >= 11 is 0. The summed E-state index contributed by atoms with van der Waals surface area (Å²) in [6, 6.07) is 3.85. The Morgan fingerprint density at radius 3 is 2.95 bits per heavy atom. The maximum absolute atomic E-state index is 11.3. The van der Waals surface area contributed by atoms with Crippen molar-refractivity contribution in [2.24, 2.45) is 0 Å². The standard InChI is InChI=1S/C13H19N3O2S/c1-9-4-5-12(18-9)13-11(8-15-16-13)7-14-6-10(2)19(3)17/h4-5,8,10,14H,6-7H2,1-3H3,(H,15,16). The van der Waals surface area contributed by atoms with Crippen molar-refractivity contribution in [3.63, 3.8) is 0 Å². The van der Waals surface area contributed by atoms with Crippen LogP contribution in [0.2, 0.25) is 0 Å². The Morgan fingerprint density at radius 1 is 1.53 bits per heavy atom. The van der Waals surface area contributed by atoms with E-state index in [1.807, 2.05) is 26.0 Å². The molecule has 2 unspecified atom stereocenters. The van der Waals surface area contributed by atoms with E-state index >= 15 is 0 Å². The fraction of sp³-hybridized carbons (Fsp3) is 0.462. The van der Waals surface area contributed by atoms with Gasteiger partial charge in [0.2, 0.25) is 0 Å². The second-order valence-corrected chi connectivity index (χ2v) is 6.42. The van der Waals surface area contributed by atoms with E-state index in [0.29, 0.717) is 13.1 Å². The molecule has 0 saturated carbocycles. The summed E-state index contributed by atoms with van der Waals surface area (Å²) in [7, 11) is -0.801.